The lowest BCUT2D eigenvalue weighted by molar-refractivity contribution is 0.132. The molecule has 0 spiro atoms. The highest BCUT2D eigenvalue weighted by atomic mass is 19.1. The first-order valence-electron chi connectivity index (χ1n) is 6.17. The summed E-state index contributed by atoms with van der Waals surface area (Å²) >= 11 is 0. The average Bonchev–Trinajstić information content (AvgIpc) is 2.35. The van der Waals surface area contributed by atoms with Crippen molar-refractivity contribution in [3.8, 4) is 0 Å². The molecular formula is C13H20FN3. The third-order valence-corrected chi connectivity index (χ3v) is 3.41. The van der Waals surface area contributed by atoms with Crippen molar-refractivity contribution in [3.05, 3.63) is 29.6 Å². The molecule has 0 unspecified atom stereocenters. The molecule has 3 nitrogen and oxygen atoms in total. The van der Waals surface area contributed by atoms with E-state index in [4.69, 9.17) is 5.73 Å². The second-order valence-electron chi connectivity index (χ2n) is 4.55. The highest BCUT2D eigenvalue weighted by molar-refractivity contribution is 5.46. The predicted octanol–water partition coefficient (Wildman–Crippen LogP) is 1.55. The van der Waals surface area contributed by atoms with Crippen LogP contribution in [0.25, 0.3) is 0 Å². The van der Waals surface area contributed by atoms with Crippen molar-refractivity contribution in [2.24, 2.45) is 0 Å². The van der Waals surface area contributed by atoms with Crippen LogP contribution >= 0.6 is 0 Å². The highest BCUT2D eigenvalue weighted by Crippen LogP contribution is 2.16. The molecule has 0 aliphatic carbocycles. The van der Waals surface area contributed by atoms with Gasteiger partial charge in [-0.25, -0.2) is 4.39 Å². The van der Waals surface area contributed by atoms with Gasteiger partial charge in [0.1, 0.15) is 5.82 Å². The number of likely N-dealkylation sites (N-methyl/N-ethyl adjacent to an activating group) is 1. The Morgan fingerprint density at radius 3 is 2.47 bits per heavy atom. The number of halogens is 1. The Bertz CT molecular complexity index is 373. The fraction of sp³-hybridized carbons (Fsp3) is 0.538. The summed E-state index contributed by atoms with van der Waals surface area (Å²) in [5, 5.41) is 0. The molecule has 1 heterocycles. The third-order valence-electron chi connectivity index (χ3n) is 3.41. The number of nitrogens with zero attached hydrogens (tertiary/aromatic N) is 2. The lowest BCUT2D eigenvalue weighted by Gasteiger charge is -2.34. The average molecular weight is 237 g/mol. The van der Waals surface area contributed by atoms with Gasteiger partial charge >= 0.3 is 0 Å². The quantitative estimate of drug-likeness (QED) is 0.810. The Hall–Kier alpha value is -1.13. The lowest BCUT2D eigenvalue weighted by atomic mass is 10.1. The maximum absolute atomic E-state index is 13.1. The van der Waals surface area contributed by atoms with E-state index < -0.39 is 0 Å². The Kier molecular flexibility index (Phi) is 3.97. The molecule has 0 saturated carbocycles. The molecule has 1 fully saturated rings. The molecule has 1 aromatic carbocycles. The molecule has 2 rings (SSSR count). The minimum absolute atomic E-state index is 0.207. The van der Waals surface area contributed by atoms with Gasteiger partial charge in [0.15, 0.2) is 0 Å². The second-order valence-corrected chi connectivity index (χ2v) is 4.55. The van der Waals surface area contributed by atoms with Gasteiger partial charge in [0.25, 0.3) is 0 Å². The minimum atomic E-state index is -0.207. The molecule has 0 bridgehead atoms. The van der Waals surface area contributed by atoms with E-state index in [2.05, 4.69) is 16.7 Å². The molecule has 1 saturated heterocycles. The Labute approximate surface area is 102 Å². The Morgan fingerprint density at radius 2 is 1.82 bits per heavy atom. The van der Waals surface area contributed by atoms with E-state index in [0.717, 1.165) is 44.8 Å². The van der Waals surface area contributed by atoms with Crippen LogP contribution in [-0.2, 0) is 6.54 Å². The fourth-order valence-corrected chi connectivity index (χ4v) is 2.22. The molecule has 0 aromatic heterocycles. The summed E-state index contributed by atoms with van der Waals surface area (Å²) in [4.78, 5) is 4.75. The van der Waals surface area contributed by atoms with Crippen molar-refractivity contribution < 1.29 is 4.39 Å². The van der Waals surface area contributed by atoms with Crippen LogP contribution in [0.2, 0.25) is 0 Å². The van der Waals surface area contributed by atoms with Gasteiger partial charge in [0, 0.05) is 38.4 Å². The van der Waals surface area contributed by atoms with Gasteiger partial charge < -0.3 is 10.6 Å². The molecule has 0 atom stereocenters. The Balaban J connectivity index is 1.95. The van der Waals surface area contributed by atoms with E-state index in [-0.39, 0.29) is 5.82 Å². The predicted molar refractivity (Wildman–Crippen MR) is 68.2 cm³/mol. The summed E-state index contributed by atoms with van der Waals surface area (Å²) < 4.78 is 13.1. The van der Waals surface area contributed by atoms with Gasteiger partial charge in [-0.05, 0) is 30.3 Å². The number of hydrogen-bond acceptors (Lipinski definition) is 3. The molecular weight excluding hydrogens is 217 g/mol. The molecule has 2 N–H and O–H groups in total. The van der Waals surface area contributed by atoms with Crippen molar-refractivity contribution in [2.45, 2.75) is 13.5 Å². The fourth-order valence-electron chi connectivity index (χ4n) is 2.22. The first kappa shape index (κ1) is 12.3. The molecule has 4 heteroatoms. The topological polar surface area (TPSA) is 32.5 Å². The van der Waals surface area contributed by atoms with Crippen molar-refractivity contribution in [1.82, 2.24) is 9.80 Å². The van der Waals surface area contributed by atoms with Gasteiger partial charge in [0.2, 0.25) is 0 Å². The number of rotatable bonds is 3. The molecule has 1 aliphatic rings. The number of nitrogen functional groups attached to an aromatic ring is 1. The minimum Gasteiger partial charge on any atom is -0.398 e. The summed E-state index contributed by atoms with van der Waals surface area (Å²) in [5.41, 5.74) is 7.44. The van der Waals surface area contributed by atoms with E-state index in [9.17, 15) is 4.39 Å². The summed E-state index contributed by atoms with van der Waals surface area (Å²) in [6, 6.07) is 4.60. The summed E-state index contributed by atoms with van der Waals surface area (Å²) in [6.45, 7) is 8.28. The molecule has 1 aliphatic heterocycles. The van der Waals surface area contributed by atoms with E-state index in [1.54, 1.807) is 12.1 Å². The number of piperazine rings is 1. The molecule has 1 aromatic rings. The van der Waals surface area contributed by atoms with Crippen molar-refractivity contribution in [3.63, 3.8) is 0 Å². The van der Waals surface area contributed by atoms with Gasteiger partial charge in [-0.3, -0.25) is 4.90 Å². The normalized spacial score (nSPS) is 18.5. The summed E-state index contributed by atoms with van der Waals surface area (Å²) in [6.07, 6.45) is 0. The van der Waals surface area contributed by atoms with Crippen LogP contribution in [0.15, 0.2) is 18.2 Å². The number of hydrogen-bond donors (Lipinski definition) is 1. The first-order chi connectivity index (χ1) is 8.19. The van der Waals surface area contributed by atoms with Gasteiger partial charge in [0.05, 0.1) is 0 Å². The zero-order chi connectivity index (χ0) is 12.3. The van der Waals surface area contributed by atoms with E-state index in [1.165, 1.54) is 6.07 Å². The van der Waals surface area contributed by atoms with E-state index >= 15 is 0 Å². The second kappa shape index (κ2) is 5.47. The molecule has 0 amide bonds. The van der Waals surface area contributed by atoms with Crippen LogP contribution < -0.4 is 5.73 Å². The van der Waals surface area contributed by atoms with Gasteiger partial charge in [-0.15, -0.1) is 0 Å². The SMILES string of the molecule is CCN1CCN(Cc2cc(F)ccc2N)CC1. The standard InChI is InChI=1S/C13H20FN3/c1-2-16-5-7-17(8-6-16)10-11-9-12(14)3-4-13(11)15/h3-4,9H,2,5-8,10,15H2,1H3. The largest absolute Gasteiger partial charge is 0.398 e. The van der Waals surface area contributed by atoms with Crippen molar-refractivity contribution in [1.29, 1.82) is 0 Å². The van der Waals surface area contributed by atoms with Crippen molar-refractivity contribution >= 4 is 5.69 Å². The molecule has 94 valence electrons. The lowest BCUT2D eigenvalue weighted by Crippen LogP contribution is -2.45. The maximum atomic E-state index is 13.1. The van der Waals surface area contributed by atoms with Crippen molar-refractivity contribution in [2.75, 3.05) is 38.5 Å². The van der Waals surface area contributed by atoms with E-state index in [1.807, 2.05) is 0 Å². The molecule has 0 radical (unpaired) electrons. The summed E-state index contributed by atoms with van der Waals surface area (Å²) in [7, 11) is 0. The zero-order valence-electron chi connectivity index (χ0n) is 10.3. The van der Waals surface area contributed by atoms with Crippen LogP contribution in [0.1, 0.15) is 12.5 Å². The van der Waals surface area contributed by atoms with Crippen LogP contribution in [0.5, 0.6) is 0 Å². The maximum Gasteiger partial charge on any atom is 0.123 e. The number of anilines is 1. The third kappa shape index (κ3) is 3.17. The Morgan fingerprint density at radius 1 is 1.18 bits per heavy atom. The zero-order valence-corrected chi connectivity index (χ0v) is 10.3. The van der Waals surface area contributed by atoms with Crippen LogP contribution in [0.3, 0.4) is 0 Å². The van der Waals surface area contributed by atoms with Crippen LogP contribution in [0, 0.1) is 5.82 Å². The van der Waals surface area contributed by atoms with Gasteiger partial charge in [-0.2, -0.15) is 0 Å². The highest BCUT2D eigenvalue weighted by Gasteiger charge is 2.16. The summed E-state index contributed by atoms with van der Waals surface area (Å²) in [5.74, 6) is -0.207. The monoisotopic (exact) mass is 237 g/mol. The van der Waals surface area contributed by atoms with Gasteiger partial charge in [-0.1, -0.05) is 6.92 Å². The van der Waals surface area contributed by atoms with E-state index in [0.29, 0.717) is 5.69 Å². The number of benzene rings is 1. The molecule has 17 heavy (non-hydrogen) atoms. The first-order valence-corrected chi connectivity index (χ1v) is 6.17. The van der Waals surface area contributed by atoms with Crippen LogP contribution in [-0.4, -0.2) is 42.5 Å². The van der Waals surface area contributed by atoms with Crippen LogP contribution in [0.4, 0.5) is 10.1 Å². The smallest absolute Gasteiger partial charge is 0.123 e. The number of nitrogens with two attached hydrogens (primary N) is 1.